The molecule has 4 rings (SSSR count). The van der Waals surface area contributed by atoms with E-state index < -0.39 is 0 Å². The van der Waals surface area contributed by atoms with Gasteiger partial charge in [-0.05, 0) is 53.1 Å². The van der Waals surface area contributed by atoms with E-state index in [-0.39, 0.29) is 11.7 Å². The molecule has 2 nitrogen and oxygen atoms in total. The van der Waals surface area contributed by atoms with Crippen LogP contribution in [0, 0.1) is 5.82 Å². The zero-order chi connectivity index (χ0) is 15.1. The molecule has 106 valence electrons. The molecule has 2 aliphatic carbocycles. The van der Waals surface area contributed by atoms with E-state index in [2.05, 4.69) is 5.32 Å². The molecule has 0 saturated carbocycles. The Bertz CT molecular complexity index is 867. The standard InChI is InChI=1S/C19H12FNO/c20-15-6-7-18-16(11-15)17(19(22)21-18)10-12-8-13-4-2-1-3-5-14(13)9-12/h1-11H,(H,21,22)/b17-10-. The Hall–Kier alpha value is -2.94. The normalized spacial score (nSPS) is 15.1. The highest BCUT2D eigenvalue weighted by molar-refractivity contribution is 6.35. The summed E-state index contributed by atoms with van der Waals surface area (Å²) in [5.74, 6) is -0.544. The summed E-state index contributed by atoms with van der Waals surface area (Å²) in [6.45, 7) is 0. The first kappa shape index (κ1) is 12.8. The van der Waals surface area contributed by atoms with Crippen molar-refractivity contribution < 1.29 is 9.18 Å². The quantitative estimate of drug-likeness (QED) is 0.660. The molecule has 0 fully saturated rings. The van der Waals surface area contributed by atoms with E-state index in [1.54, 1.807) is 12.1 Å². The number of benzene rings is 1. The molecule has 1 aromatic carbocycles. The fourth-order valence-corrected chi connectivity index (χ4v) is 2.79. The zero-order valence-corrected chi connectivity index (χ0v) is 11.6. The second kappa shape index (κ2) is 4.81. The van der Waals surface area contributed by atoms with Crippen molar-refractivity contribution in [2.24, 2.45) is 0 Å². The molecule has 0 bridgehead atoms. The van der Waals surface area contributed by atoms with Crippen molar-refractivity contribution in [3.8, 4) is 11.1 Å². The minimum absolute atomic E-state index is 0.198. The molecule has 1 aliphatic heterocycles. The molecule has 0 aromatic heterocycles. The SMILES string of the molecule is O=C1Nc2ccc(F)cc2/C1=C/c1cc2cccccc-2c1. The highest BCUT2D eigenvalue weighted by Gasteiger charge is 2.24. The number of rotatable bonds is 1. The van der Waals surface area contributed by atoms with E-state index in [1.807, 2.05) is 42.5 Å². The lowest BCUT2D eigenvalue weighted by Gasteiger charge is -1.97. The minimum atomic E-state index is -0.346. The molecule has 0 unspecified atom stereocenters. The molecule has 1 amide bonds. The Labute approximate surface area is 127 Å². The maximum absolute atomic E-state index is 13.4. The third kappa shape index (κ3) is 2.07. The summed E-state index contributed by atoms with van der Waals surface area (Å²) < 4.78 is 13.4. The fraction of sp³-hybridized carbons (Fsp3) is 0. The molecule has 0 atom stereocenters. The number of nitrogens with one attached hydrogen (secondary N) is 1. The van der Waals surface area contributed by atoms with Gasteiger partial charge in [-0.3, -0.25) is 4.79 Å². The highest BCUT2D eigenvalue weighted by Crippen LogP contribution is 2.35. The lowest BCUT2D eigenvalue weighted by molar-refractivity contribution is -0.110. The van der Waals surface area contributed by atoms with Gasteiger partial charge in [-0.15, -0.1) is 0 Å². The first-order valence-electron chi connectivity index (χ1n) is 7.02. The molecule has 3 aliphatic rings. The summed E-state index contributed by atoms with van der Waals surface area (Å²) in [5.41, 5.74) is 4.91. The van der Waals surface area contributed by atoms with Crippen LogP contribution in [-0.4, -0.2) is 5.91 Å². The van der Waals surface area contributed by atoms with Gasteiger partial charge in [0.25, 0.3) is 5.91 Å². The van der Waals surface area contributed by atoms with Crippen LogP contribution >= 0.6 is 0 Å². The Morgan fingerprint density at radius 2 is 1.64 bits per heavy atom. The highest BCUT2D eigenvalue weighted by atomic mass is 19.1. The zero-order valence-electron chi connectivity index (χ0n) is 11.6. The molecular formula is C19H12FNO. The van der Waals surface area contributed by atoms with Gasteiger partial charge in [0.15, 0.2) is 0 Å². The van der Waals surface area contributed by atoms with Crippen molar-refractivity contribution >= 4 is 23.2 Å². The third-order valence-corrected chi connectivity index (χ3v) is 3.83. The number of amides is 1. The van der Waals surface area contributed by atoms with Crippen molar-refractivity contribution in [3.05, 3.63) is 77.6 Å². The molecule has 0 spiro atoms. The number of hydrogen-bond acceptors (Lipinski definition) is 1. The van der Waals surface area contributed by atoms with Gasteiger partial charge in [0, 0.05) is 16.8 Å². The number of fused-ring (bicyclic) bond motifs is 2. The topological polar surface area (TPSA) is 29.1 Å². The van der Waals surface area contributed by atoms with Crippen LogP contribution in [0.4, 0.5) is 10.1 Å². The van der Waals surface area contributed by atoms with Gasteiger partial charge in [0.1, 0.15) is 5.82 Å². The van der Waals surface area contributed by atoms with Crippen LogP contribution in [0.2, 0.25) is 0 Å². The second-order valence-corrected chi connectivity index (χ2v) is 5.31. The summed E-state index contributed by atoms with van der Waals surface area (Å²) in [7, 11) is 0. The Morgan fingerprint density at radius 3 is 2.36 bits per heavy atom. The molecular weight excluding hydrogens is 277 g/mol. The molecule has 1 N–H and O–H groups in total. The number of anilines is 1. The largest absolute Gasteiger partial charge is 0.321 e. The summed E-state index contributed by atoms with van der Waals surface area (Å²) in [6, 6.07) is 18.4. The van der Waals surface area contributed by atoms with Crippen molar-refractivity contribution in [1.82, 2.24) is 0 Å². The second-order valence-electron chi connectivity index (χ2n) is 5.31. The van der Waals surface area contributed by atoms with E-state index in [1.165, 1.54) is 12.1 Å². The molecule has 0 saturated heterocycles. The Balaban J connectivity index is 1.84. The molecule has 3 heteroatoms. The van der Waals surface area contributed by atoms with E-state index in [4.69, 9.17) is 0 Å². The fourth-order valence-electron chi connectivity index (χ4n) is 2.79. The smallest absolute Gasteiger partial charge is 0.256 e. The van der Waals surface area contributed by atoms with Crippen LogP contribution in [-0.2, 0) is 4.79 Å². The van der Waals surface area contributed by atoms with Crippen LogP contribution in [0.3, 0.4) is 0 Å². The molecule has 0 radical (unpaired) electrons. The average molecular weight is 289 g/mol. The lowest BCUT2D eigenvalue weighted by Crippen LogP contribution is -2.03. The van der Waals surface area contributed by atoms with Crippen molar-refractivity contribution in [2.45, 2.75) is 0 Å². The van der Waals surface area contributed by atoms with Crippen LogP contribution < -0.4 is 5.32 Å². The number of carbonyl (C=O) groups is 1. The van der Waals surface area contributed by atoms with E-state index in [9.17, 15) is 9.18 Å². The van der Waals surface area contributed by atoms with Crippen LogP contribution in [0.15, 0.2) is 60.7 Å². The van der Waals surface area contributed by atoms with Crippen LogP contribution in [0.1, 0.15) is 11.1 Å². The van der Waals surface area contributed by atoms with Crippen molar-refractivity contribution in [2.75, 3.05) is 5.32 Å². The molecule has 1 aromatic rings. The van der Waals surface area contributed by atoms with Gasteiger partial charge in [0.2, 0.25) is 0 Å². The summed E-state index contributed by atoms with van der Waals surface area (Å²) in [6.07, 6.45) is 1.81. The number of hydrogen-bond donors (Lipinski definition) is 1. The van der Waals surface area contributed by atoms with E-state index >= 15 is 0 Å². The third-order valence-electron chi connectivity index (χ3n) is 3.83. The van der Waals surface area contributed by atoms with Gasteiger partial charge in [-0.25, -0.2) is 4.39 Å². The first-order chi connectivity index (χ1) is 10.7. The van der Waals surface area contributed by atoms with Crippen molar-refractivity contribution in [1.29, 1.82) is 0 Å². The molecule has 1 heterocycles. The summed E-state index contributed by atoms with van der Waals surface area (Å²) >= 11 is 0. The average Bonchev–Trinajstić information content (AvgIpc) is 2.93. The van der Waals surface area contributed by atoms with Crippen LogP contribution in [0.5, 0.6) is 0 Å². The summed E-state index contributed by atoms with van der Waals surface area (Å²) in [4.78, 5) is 12.1. The van der Waals surface area contributed by atoms with Crippen molar-refractivity contribution in [3.63, 3.8) is 0 Å². The first-order valence-corrected chi connectivity index (χ1v) is 7.02. The predicted octanol–water partition coefficient (Wildman–Crippen LogP) is 4.42. The van der Waals surface area contributed by atoms with Gasteiger partial charge in [-0.2, -0.15) is 0 Å². The Morgan fingerprint density at radius 1 is 0.909 bits per heavy atom. The summed E-state index contributed by atoms with van der Waals surface area (Å²) in [5, 5.41) is 2.76. The maximum Gasteiger partial charge on any atom is 0.256 e. The van der Waals surface area contributed by atoms with Gasteiger partial charge in [-0.1, -0.05) is 30.3 Å². The van der Waals surface area contributed by atoms with Gasteiger partial charge < -0.3 is 5.32 Å². The van der Waals surface area contributed by atoms with Crippen LogP contribution in [0.25, 0.3) is 22.8 Å². The predicted molar refractivity (Wildman–Crippen MR) is 86.0 cm³/mol. The van der Waals surface area contributed by atoms with E-state index in [0.717, 1.165) is 16.7 Å². The number of halogens is 1. The number of carbonyl (C=O) groups excluding carboxylic acids is 1. The minimum Gasteiger partial charge on any atom is -0.321 e. The monoisotopic (exact) mass is 289 g/mol. The Kier molecular flexibility index (Phi) is 2.79. The van der Waals surface area contributed by atoms with Gasteiger partial charge >= 0.3 is 0 Å². The van der Waals surface area contributed by atoms with Gasteiger partial charge in [0.05, 0.1) is 0 Å². The maximum atomic E-state index is 13.4. The lowest BCUT2D eigenvalue weighted by atomic mass is 10.1. The molecule has 22 heavy (non-hydrogen) atoms. The van der Waals surface area contributed by atoms with E-state index in [0.29, 0.717) is 16.8 Å².